The minimum atomic E-state index is -1.14. The molecule has 2 rings (SSSR count). The second-order valence-corrected chi connectivity index (χ2v) is 7.59. The number of ether oxygens (including phenoxy) is 2. The van der Waals surface area contributed by atoms with E-state index in [2.05, 4.69) is 5.32 Å². The minimum absolute atomic E-state index is 0. The summed E-state index contributed by atoms with van der Waals surface area (Å²) < 4.78 is 10.7. The SMILES string of the molecule is COC(=O)[C@H](CCCCCCCCN)N[C@H]1COc2ccccc2N(CC(=O)O)C1=O.Cl.Cl. The van der Waals surface area contributed by atoms with E-state index in [1.807, 2.05) is 0 Å². The number of hydrogen-bond donors (Lipinski definition) is 3. The summed E-state index contributed by atoms with van der Waals surface area (Å²) in [5.74, 6) is -1.62. The first-order chi connectivity index (χ1) is 15.0. The maximum absolute atomic E-state index is 13.1. The zero-order valence-corrected chi connectivity index (χ0v) is 20.5. The number of hydrogen-bond acceptors (Lipinski definition) is 7. The van der Waals surface area contributed by atoms with Gasteiger partial charge in [0.1, 0.15) is 31.0 Å². The van der Waals surface area contributed by atoms with Gasteiger partial charge in [-0.05, 0) is 31.5 Å². The molecule has 33 heavy (non-hydrogen) atoms. The lowest BCUT2D eigenvalue weighted by atomic mass is 10.0. The average molecular weight is 508 g/mol. The summed E-state index contributed by atoms with van der Waals surface area (Å²) >= 11 is 0. The number of methoxy groups -OCH3 is 1. The predicted molar refractivity (Wildman–Crippen MR) is 131 cm³/mol. The highest BCUT2D eigenvalue weighted by atomic mass is 35.5. The Labute approximate surface area is 207 Å². The van der Waals surface area contributed by atoms with Crippen LogP contribution in [0.25, 0.3) is 0 Å². The molecule has 0 saturated carbocycles. The zero-order chi connectivity index (χ0) is 22.6. The Bertz CT molecular complexity index is 753. The van der Waals surface area contributed by atoms with E-state index in [9.17, 15) is 19.5 Å². The van der Waals surface area contributed by atoms with Gasteiger partial charge in [-0.25, -0.2) is 0 Å². The Balaban J connectivity index is 0.00000512. The lowest BCUT2D eigenvalue weighted by Gasteiger charge is -2.26. The van der Waals surface area contributed by atoms with Crippen molar-refractivity contribution < 1.29 is 29.0 Å². The Morgan fingerprint density at radius 3 is 2.45 bits per heavy atom. The number of nitrogens with zero attached hydrogens (tertiary/aromatic N) is 1. The molecule has 0 unspecified atom stereocenters. The summed E-state index contributed by atoms with van der Waals surface area (Å²) in [6.07, 6.45) is 6.56. The molecule has 0 radical (unpaired) electrons. The number of aliphatic carboxylic acids is 1. The molecule has 4 N–H and O–H groups in total. The molecule has 0 aliphatic carbocycles. The largest absolute Gasteiger partial charge is 0.489 e. The van der Waals surface area contributed by atoms with Crippen LogP contribution in [0.3, 0.4) is 0 Å². The fourth-order valence-corrected chi connectivity index (χ4v) is 3.63. The molecule has 1 aromatic rings. The van der Waals surface area contributed by atoms with Gasteiger partial charge in [-0.1, -0.05) is 44.2 Å². The number of nitrogens with one attached hydrogen (secondary N) is 1. The molecule has 0 spiro atoms. The second kappa shape index (κ2) is 16.5. The number of fused-ring (bicyclic) bond motifs is 1. The summed E-state index contributed by atoms with van der Waals surface area (Å²) in [5.41, 5.74) is 5.89. The maximum atomic E-state index is 13.1. The lowest BCUT2D eigenvalue weighted by molar-refractivity contribution is -0.144. The molecule has 1 aromatic carbocycles. The summed E-state index contributed by atoms with van der Waals surface area (Å²) in [5, 5.41) is 12.3. The topological polar surface area (TPSA) is 131 Å². The van der Waals surface area contributed by atoms with Crippen LogP contribution in [-0.4, -0.2) is 61.8 Å². The molecular weight excluding hydrogens is 473 g/mol. The van der Waals surface area contributed by atoms with Gasteiger partial charge in [0.15, 0.2) is 0 Å². The van der Waals surface area contributed by atoms with E-state index in [-0.39, 0.29) is 31.4 Å². The van der Waals surface area contributed by atoms with Gasteiger partial charge in [0.25, 0.3) is 0 Å². The summed E-state index contributed by atoms with van der Waals surface area (Å²) in [6.45, 7) is 0.191. The molecule has 1 heterocycles. The van der Waals surface area contributed by atoms with Crippen molar-refractivity contribution in [3.05, 3.63) is 24.3 Å². The van der Waals surface area contributed by atoms with Gasteiger partial charge in [-0.3, -0.25) is 24.6 Å². The molecule has 188 valence electrons. The summed E-state index contributed by atoms with van der Waals surface area (Å²) in [6, 6.07) is 5.23. The van der Waals surface area contributed by atoms with Crippen LogP contribution in [0.2, 0.25) is 0 Å². The number of esters is 1. The number of halogens is 2. The number of benzene rings is 1. The number of nitrogens with two attached hydrogens (primary N) is 1. The van der Waals surface area contributed by atoms with Crippen LogP contribution in [0.1, 0.15) is 44.9 Å². The number of carbonyl (C=O) groups is 3. The van der Waals surface area contributed by atoms with Crippen molar-refractivity contribution in [1.29, 1.82) is 0 Å². The number of amides is 1. The van der Waals surface area contributed by atoms with Crippen molar-refractivity contribution >= 4 is 48.3 Å². The second-order valence-electron chi connectivity index (χ2n) is 7.59. The van der Waals surface area contributed by atoms with Gasteiger partial charge in [0.05, 0.1) is 12.8 Å². The number of unbranched alkanes of at least 4 members (excludes halogenated alkanes) is 5. The number of anilines is 1. The van der Waals surface area contributed by atoms with Gasteiger partial charge in [-0.15, -0.1) is 24.8 Å². The van der Waals surface area contributed by atoms with Crippen molar-refractivity contribution in [3.63, 3.8) is 0 Å². The van der Waals surface area contributed by atoms with Gasteiger partial charge >= 0.3 is 11.9 Å². The smallest absolute Gasteiger partial charge is 0.323 e. The van der Waals surface area contributed by atoms with Crippen LogP contribution in [0, 0.1) is 0 Å². The van der Waals surface area contributed by atoms with Gasteiger partial charge in [0.2, 0.25) is 5.91 Å². The van der Waals surface area contributed by atoms with Crippen LogP contribution < -0.4 is 20.7 Å². The van der Waals surface area contributed by atoms with Crippen LogP contribution >= 0.6 is 24.8 Å². The van der Waals surface area contributed by atoms with Crippen LogP contribution in [0.4, 0.5) is 5.69 Å². The molecule has 2 atom stereocenters. The highest BCUT2D eigenvalue weighted by Crippen LogP contribution is 2.31. The molecule has 0 aromatic heterocycles. The number of para-hydroxylation sites is 2. The van der Waals surface area contributed by atoms with Crippen LogP contribution in [-0.2, 0) is 19.1 Å². The molecule has 1 amide bonds. The van der Waals surface area contributed by atoms with E-state index in [4.69, 9.17) is 15.2 Å². The third kappa shape index (κ3) is 9.75. The van der Waals surface area contributed by atoms with Crippen molar-refractivity contribution in [1.82, 2.24) is 5.32 Å². The predicted octanol–water partition coefficient (Wildman–Crippen LogP) is 2.53. The van der Waals surface area contributed by atoms with Crippen molar-refractivity contribution in [2.45, 2.75) is 57.0 Å². The molecule has 1 aliphatic heterocycles. The summed E-state index contributed by atoms with van der Waals surface area (Å²) in [4.78, 5) is 38.0. The first kappa shape index (κ1) is 30.9. The molecule has 1 aliphatic rings. The van der Waals surface area contributed by atoms with E-state index in [0.29, 0.717) is 24.4 Å². The molecule has 0 fully saturated rings. The standard InChI is InChI=1S/C22H33N3O6.2ClH/c1-30-22(29)16(10-6-4-2-3-5-9-13-23)24-17-15-31-19-12-8-7-11-18(19)25(21(17)28)14-20(26)27;;/h7-8,11-12,16-17,24H,2-6,9-10,13-15,23H2,1H3,(H,26,27);2*1H/t16-,17-;;/m0../s1. The lowest BCUT2D eigenvalue weighted by Crippen LogP contribution is -2.54. The van der Waals surface area contributed by atoms with Gasteiger partial charge in [0, 0.05) is 0 Å². The molecule has 11 heteroatoms. The number of carboxylic acid groups (broad SMARTS) is 1. The van der Waals surface area contributed by atoms with Crippen LogP contribution in [0.15, 0.2) is 24.3 Å². The quantitative estimate of drug-likeness (QED) is 0.274. The van der Waals surface area contributed by atoms with Gasteiger partial charge < -0.3 is 20.3 Å². The highest BCUT2D eigenvalue weighted by molar-refractivity contribution is 6.02. The van der Waals surface area contributed by atoms with E-state index in [1.165, 1.54) is 12.0 Å². The monoisotopic (exact) mass is 507 g/mol. The zero-order valence-electron chi connectivity index (χ0n) is 18.9. The first-order valence-corrected chi connectivity index (χ1v) is 10.8. The van der Waals surface area contributed by atoms with E-state index in [0.717, 1.165) is 38.5 Å². The Kier molecular flexibility index (Phi) is 15.5. The third-order valence-electron chi connectivity index (χ3n) is 5.25. The van der Waals surface area contributed by atoms with Crippen molar-refractivity contribution in [2.75, 3.05) is 31.7 Å². The van der Waals surface area contributed by atoms with E-state index >= 15 is 0 Å². The molecule has 9 nitrogen and oxygen atoms in total. The Morgan fingerprint density at radius 2 is 1.82 bits per heavy atom. The maximum Gasteiger partial charge on any atom is 0.323 e. The third-order valence-corrected chi connectivity index (χ3v) is 5.25. The van der Waals surface area contributed by atoms with E-state index in [1.54, 1.807) is 24.3 Å². The van der Waals surface area contributed by atoms with Crippen LogP contribution in [0.5, 0.6) is 5.75 Å². The fourth-order valence-electron chi connectivity index (χ4n) is 3.63. The van der Waals surface area contributed by atoms with Crippen molar-refractivity contribution in [2.24, 2.45) is 5.73 Å². The van der Waals surface area contributed by atoms with Gasteiger partial charge in [-0.2, -0.15) is 0 Å². The number of carboxylic acids is 1. The first-order valence-electron chi connectivity index (χ1n) is 10.8. The highest BCUT2D eigenvalue weighted by Gasteiger charge is 2.35. The molecule has 0 saturated heterocycles. The fraction of sp³-hybridized carbons (Fsp3) is 0.591. The van der Waals surface area contributed by atoms with Crippen molar-refractivity contribution in [3.8, 4) is 5.75 Å². The average Bonchev–Trinajstić information content (AvgIpc) is 2.89. The van der Waals surface area contributed by atoms with E-state index < -0.39 is 36.5 Å². The Morgan fingerprint density at radius 1 is 1.18 bits per heavy atom. The minimum Gasteiger partial charge on any atom is -0.489 e. The normalized spacial score (nSPS) is 15.8. The summed E-state index contributed by atoms with van der Waals surface area (Å²) in [7, 11) is 1.31. The number of rotatable bonds is 13. The number of carbonyl (C=O) groups excluding carboxylic acids is 2. The molecule has 0 bridgehead atoms. The molecular formula is C22H35Cl2N3O6. The Hall–Kier alpha value is -2.07.